The van der Waals surface area contributed by atoms with Crippen molar-refractivity contribution in [2.45, 2.75) is 19.0 Å². The first-order valence-electron chi connectivity index (χ1n) is 7.71. The van der Waals surface area contributed by atoms with Gasteiger partial charge < -0.3 is 14.8 Å². The number of aryl methyl sites for hydroxylation is 1. The predicted octanol–water partition coefficient (Wildman–Crippen LogP) is 2.03. The van der Waals surface area contributed by atoms with Gasteiger partial charge in [-0.3, -0.25) is 9.59 Å². The van der Waals surface area contributed by atoms with Gasteiger partial charge in [-0.05, 0) is 32.0 Å². The molecule has 1 heterocycles. The largest absolute Gasteiger partial charge is 0.339 e. The van der Waals surface area contributed by atoms with Crippen molar-refractivity contribution in [2.75, 3.05) is 24.2 Å². The van der Waals surface area contributed by atoms with Crippen LogP contribution in [0.5, 0.6) is 0 Å². The molecule has 2 rings (SSSR count). The number of benzene rings is 1. The Morgan fingerprint density at radius 2 is 2.04 bits per heavy atom. The molecule has 1 N–H and O–H groups in total. The van der Waals surface area contributed by atoms with E-state index in [2.05, 4.69) is 15.5 Å². The van der Waals surface area contributed by atoms with Gasteiger partial charge in [0.2, 0.25) is 5.91 Å². The number of anilines is 1. The second-order valence-corrected chi connectivity index (χ2v) is 6.06. The molecule has 1 aromatic heterocycles. The van der Waals surface area contributed by atoms with Crippen molar-refractivity contribution in [2.24, 2.45) is 7.05 Å². The van der Waals surface area contributed by atoms with Crippen LogP contribution in [0.15, 0.2) is 35.7 Å². The molecule has 0 atom stereocenters. The van der Waals surface area contributed by atoms with Crippen LogP contribution in [0.4, 0.5) is 5.69 Å². The lowest BCUT2D eigenvalue weighted by Gasteiger charge is -2.19. The SMILES string of the molecule is CCN(CC)C(=O)c1cccc(NC(=O)CSc2nncn2C)c1. The summed E-state index contributed by atoms with van der Waals surface area (Å²) in [6, 6.07) is 6.99. The van der Waals surface area contributed by atoms with E-state index in [1.165, 1.54) is 11.8 Å². The fourth-order valence-electron chi connectivity index (χ4n) is 2.15. The highest BCUT2D eigenvalue weighted by Crippen LogP contribution is 2.16. The van der Waals surface area contributed by atoms with Gasteiger partial charge in [-0.15, -0.1) is 10.2 Å². The molecule has 0 aliphatic carbocycles. The summed E-state index contributed by atoms with van der Waals surface area (Å²) in [5, 5.41) is 11.2. The summed E-state index contributed by atoms with van der Waals surface area (Å²) in [5.74, 6) is 0.0285. The van der Waals surface area contributed by atoms with Gasteiger partial charge in [0.25, 0.3) is 5.91 Å². The second kappa shape index (κ2) is 8.49. The molecule has 7 nitrogen and oxygen atoms in total. The molecule has 0 aliphatic heterocycles. The molecule has 0 unspecified atom stereocenters. The minimum Gasteiger partial charge on any atom is -0.339 e. The van der Waals surface area contributed by atoms with Crippen LogP contribution in [0.2, 0.25) is 0 Å². The number of aromatic nitrogens is 3. The summed E-state index contributed by atoms with van der Waals surface area (Å²) < 4.78 is 1.75. The van der Waals surface area contributed by atoms with Crippen LogP contribution in [0.25, 0.3) is 0 Å². The summed E-state index contributed by atoms with van der Waals surface area (Å²) in [5.41, 5.74) is 1.18. The Balaban J connectivity index is 1.97. The molecule has 0 saturated carbocycles. The van der Waals surface area contributed by atoms with Crippen molar-refractivity contribution in [3.8, 4) is 0 Å². The molecule has 1 aromatic carbocycles. The Labute approximate surface area is 145 Å². The number of hydrogen-bond donors (Lipinski definition) is 1. The van der Waals surface area contributed by atoms with Crippen LogP contribution >= 0.6 is 11.8 Å². The number of rotatable bonds is 7. The quantitative estimate of drug-likeness (QED) is 0.775. The molecule has 128 valence electrons. The predicted molar refractivity (Wildman–Crippen MR) is 94.1 cm³/mol. The maximum Gasteiger partial charge on any atom is 0.253 e. The van der Waals surface area contributed by atoms with E-state index in [-0.39, 0.29) is 17.6 Å². The van der Waals surface area contributed by atoms with E-state index in [1.807, 2.05) is 20.9 Å². The first kappa shape index (κ1) is 18.0. The van der Waals surface area contributed by atoms with Crippen molar-refractivity contribution in [1.29, 1.82) is 0 Å². The maximum atomic E-state index is 12.4. The zero-order chi connectivity index (χ0) is 17.5. The first-order valence-corrected chi connectivity index (χ1v) is 8.69. The van der Waals surface area contributed by atoms with E-state index in [4.69, 9.17) is 0 Å². The van der Waals surface area contributed by atoms with Gasteiger partial charge in [0.1, 0.15) is 6.33 Å². The normalized spacial score (nSPS) is 10.5. The van der Waals surface area contributed by atoms with Crippen molar-refractivity contribution in [3.05, 3.63) is 36.2 Å². The number of amides is 2. The lowest BCUT2D eigenvalue weighted by Crippen LogP contribution is -2.30. The van der Waals surface area contributed by atoms with E-state index in [9.17, 15) is 9.59 Å². The second-order valence-electron chi connectivity index (χ2n) is 5.12. The van der Waals surface area contributed by atoms with Gasteiger partial charge in [-0.2, -0.15) is 0 Å². The molecule has 0 bridgehead atoms. The Kier molecular flexibility index (Phi) is 6.36. The third kappa shape index (κ3) is 4.58. The Hall–Kier alpha value is -2.35. The molecule has 0 spiro atoms. The molecule has 2 amide bonds. The van der Waals surface area contributed by atoms with E-state index in [0.29, 0.717) is 29.5 Å². The van der Waals surface area contributed by atoms with Gasteiger partial charge in [-0.1, -0.05) is 17.8 Å². The fraction of sp³-hybridized carbons (Fsp3) is 0.375. The average Bonchev–Trinajstić information content (AvgIpc) is 2.99. The summed E-state index contributed by atoms with van der Waals surface area (Å²) in [6.07, 6.45) is 1.59. The smallest absolute Gasteiger partial charge is 0.253 e. The highest BCUT2D eigenvalue weighted by molar-refractivity contribution is 7.99. The van der Waals surface area contributed by atoms with Crippen molar-refractivity contribution in [3.63, 3.8) is 0 Å². The number of nitrogens with zero attached hydrogens (tertiary/aromatic N) is 4. The van der Waals surface area contributed by atoms with Crippen LogP contribution in [0, 0.1) is 0 Å². The molecule has 0 aliphatic rings. The topological polar surface area (TPSA) is 80.1 Å². The van der Waals surface area contributed by atoms with Gasteiger partial charge in [0, 0.05) is 31.4 Å². The summed E-state index contributed by atoms with van der Waals surface area (Å²) in [6.45, 7) is 5.19. The number of hydrogen-bond acceptors (Lipinski definition) is 5. The van der Waals surface area contributed by atoms with Gasteiger partial charge in [0.05, 0.1) is 5.75 Å². The summed E-state index contributed by atoms with van der Waals surface area (Å²) in [4.78, 5) is 26.2. The van der Waals surface area contributed by atoms with Crippen LogP contribution in [-0.4, -0.2) is 50.3 Å². The molecular weight excluding hydrogens is 326 g/mol. The maximum absolute atomic E-state index is 12.4. The monoisotopic (exact) mass is 347 g/mol. The van der Waals surface area contributed by atoms with Gasteiger partial charge in [-0.25, -0.2) is 0 Å². The number of nitrogens with one attached hydrogen (secondary N) is 1. The van der Waals surface area contributed by atoms with E-state index < -0.39 is 0 Å². The van der Waals surface area contributed by atoms with Crippen LogP contribution in [0.3, 0.4) is 0 Å². The minimum absolute atomic E-state index is 0.0374. The van der Waals surface area contributed by atoms with Gasteiger partial charge >= 0.3 is 0 Å². The zero-order valence-corrected chi connectivity index (χ0v) is 14.8. The van der Waals surface area contributed by atoms with Crippen LogP contribution in [-0.2, 0) is 11.8 Å². The van der Waals surface area contributed by atoms with Crippen molar-refractivity contribution >= 4 is 29.3 Å². The Morgan fingerprint density at radius 1 is 1.29 bits per heavy atom. The fourth-order valence-corrected chi connectivity index (χ4v) is 2.84. The zero-order valence-electron chi connectivity index (χ0n) is 14.0. The molecule has 0 fully saturated rings. The third-order valence-corrected chi connectivity index (χ3v) is 4.48. The molecule has 2 aromatic rings. The number of carbonyl (C=O) groups is 2. The van der Waals surface area contributed by atoms with E-state index in [1.54, 1.807) is 40.1 Å². The molecular formula is C16H21N5O2S. The molecule has 0 saturated heterocycles. The van der Waals surface area contributed by atoms with E-state index in [0.717, 1.165) is 0 Å². The minimum atomic E-state index is -0.157. The van der Waals surface area contributed by atoms with Crippen molar-refractivity contribution in [1.82, 2.24) is 19.7 Å². The number of carbonyl (C=O) groups excluding carboxylic acids is 2. The third-order valence-electron chi connectivity index (χ3n) is 3.45. The standard InChI is InChI=1S/C16H21N5O2S/c1-4-21(5-2)15(23)12-7-6-8-13(9-12)18-14(22)10-24-16-19-17-11-20(16)3/h6-9,11H,4-5,10H2,1-3H3,(H,18,22). The average molecular weight is 347 g/mol. The van der Waals surface area contributed by atoms with E-state index >= 15 is 0 Å². The van der Waals surface area contributed by atoms with Crippen molar-refractivity contribution < 1.29 is 9.59 Å². The van der Waals surface area contributed by atoms with Gasteiger partial charge in [0.15, 0.2) is 5.16 Å². The first-order chi connectivity index (χ1) is 11.5. The summed E-state index contributed by atoms with van der Waals surface area (Å²) in [7, 11) is 1.82. The highest BCUT2D eigenvalue weighted by atomic mass is 32.2. The lowest BCUT2D eigenvalue weighted by atomic mass is 10.1. The van der Waals surface area contributed by atoms with Crippen LogP contribution < -0.4 is 5.32 Å². The molecule has 0 radical (unpaired) electrons. The Bertz CT molecular complexity index is 712. The molecule has 24 heavy (non-hydrogen) atoms. The Morgan fingerprint density at radius 3 is 2.67 bits per heavy atom. The highest BCUT2D eigenvalue weighted by Gasteiger charge is 2.13. The molecule has 8 heteroatoms. The van der Waals surface area contributed by atoms with Crippen LogP contribution in [0.1, 0.15) is 24.2 Å². The summed E-state index contributed by atoms with van der Waals surface area (Å²) >= 11 is 1.31. The number of thioether (sulfide) groups is 1. The lowest BCUT2D eigenvalue weighted by molar-refractivity contribution is -0.113.